The molecule has 43 heavy (non-hydrogen) atoms. The normalized spacial score (nSPS) is 31.6. The van der Waals surface area contributed by atoms with Gasteiger partial charge in [0.25, 0.3) is 0 Å². The van der Waals surface area contributed by atoms with E-state index in [0.717, 1.165) is 0 Å². The van der Waals surface area contributed by atoms with Crippen LogP contribution in [0.5, 0.6) is 0 Å². The highest BCUT2D eigenvalue weighted by atomic mass is 32.1. The molecule has 20 heteroatoms. The number of nitrogens with two attached hydrogens (primary N) is 2. The molecule has 3 fully saturated rings. The van der Waals surface area contributed by atoms with Gasteiger partial charge < -0.3 is 52.4 Å². The molecular formula is C23H28N14O4S2. The average Bonchev–Trinajstić information content (AvgIpc) is 3.74. The molecule has 0 spiro atoms. The summed E-state index contributed by atoms with van der Waals surface area (Å²) in [4.78, 5) is 25.1. The van der Waals surface area contributed by atoms with Gasteiger partial charge in [0.1, 0.15) is 42.0 Å². The predicted molar refractivity (Wildman–Crippen MR) is 159 cm³/mol. The largest absolute Gasteiger partial charge is 0.386 e. The van der Waals surface area contributed by atoms with Gasteiger partial charge in [0.05, 0.1) is 30.8 Å². The van der Waals surface area contributed by atoms with Gasteiger partial charge in [-0.1, -0.05) is 0 Å². The van der Waals surface area contributed by atoms with Crippen LogP contribution in [-0.2, 0) is 9.47 Å². The number of anilines is 2. The molecule has 18 nitrogen and oxygen atoms in total. The number of nitrogens with zero attached hydrogens (tertiary/aromatic N) is 8. The summed E-state index contributed by atoms with van der Waals surface area (Å²) in [6.07, 6.45) is 1.33. The number of aliphatic hydroxyl groups excluding tert-OH is 2. The lowest BCUT2D eigenvalue weighted by Gasteiger charge is -2.25. The number of aromatic nitrogens is 8. The van der Waals surface area contributed by atoms with Gasteiger partial charge in [0.2, 0.25) is 0 Å². The van der Waals surface area contributed by atoms with E-state index in [2.05, 4.69) is 51.2 Å². The van der Waals surface area contributed by atoms with Gasteiger partial charge in [0.15, 0.2) is 45.6 Å². The molecule has 0 aliphatic carbocycles. The molecule has 3 aliphatic rings. The number of nitrogens with one attached hydrogen (secondary N) is 4. The van der Waals surface area contributed by atoms with E-state index in [1.165, 1.54) is 25.3 Å². The van der Waals surface area contributed by atoms with E-state index >= 15 is 0 Å². The third-order valence-corrected chi connectivity index (χ3v) is 8.37. The Kier molecular flexibility index (Phi) is 7.02. The predicted octanol–water partition coefficient (Wildman–Crippen LogP) is -2.58. The zero-order valence-corrected chi connectivity index (χ0v) is 23.9. The zero-order valence-electron chi connectivity index (χ0n) is 22.3. The van der Waals surface area contributed by atoms with E-state index in [4.69, 9.17) is 45.4 Å². The lowest BCUT2D eigenvalue weighted by Crippen LogP contribution is -2.54. The van der Waals surface area contributed by atoms with Crippen LogP contribution in [0.3, 0.4) is 0 Å². The van der Waals surface area contributed by atoms with Crippen molar-refractivity contribution in [3.05, 3.63) is 25.3 Å². The highest BCUT2D eigenvalue weighted by Crippen LogP contribution is 2.34. The molecule has 0 aromatic carbocycles. The summed E-state index contributed by atoms with van der Waals surface area (Å²) < 4.78 is 15.8. The maximum atomic E-state index is 11.4. The molecule has 0 amide bonds. The lowest BCUT2D eigenvalue weighted by molar-refractivity contribution is -0.0363. The third kappa shape index (κ3) is 4.80. The van der Waals surface area contributed by atoms with Gasteiger partial charge in [0, 0.05) is 13.1 Å². The second-order valence-corrected chi connectivity index (χ2v) is 11.2. The second kappa shape index (κ2) is 10.9. The molecule has 8 atom stereocenters. The Labute approximate surface area is 253 Å². The number of hydrogen-bond acceptors (Lipinski definition) is 14. The van der Waals surface area contributed by atoms with Crippen molar-refractivity contribution in [2.75, 3.05) is 24.6 Å². The van der Waals surface area contributed by atoms with Crippen LogP contribution in [0.4, 0.5) is 11.6 Å². The van der Waals surface area contributed by atoms with Crippen LogP contribution in [0.15, 0.2) is 25.3 Å². The molecular weight excluding hydrogens is 600 g/mol. The molecule has 0 saturated carbocycles. The van der Waals surface area contributed by atoms with Crippen LogP contribution >= 0.6 is 24.4 Å². The van der Waals surface area contributed by atoms with Crippen molar-refractivity contribution in [1.29, 1.82) is 0 Å². The highest BCUT2D eigenvalue weighted by Gasteiger charge is 2.47. The molecule has 226 valence electrons. The number of nitrogen functional groups attached to an aromatic ring is 2. The van der Waals surface area contributed by atoms with Crippen LogP contribution in [0.2, 0.25) is 0 Å². The number of hydrogen-bond donors (Lipinski definition) is 8. The number of fused-ring (bicyclic) bond motifs is 4. The summed E-state index contributed by atoms with van der Waals surface area (Å²) >= 11 is 11.2. The van der Waals surface area contributed by atoms with Gasteiger partial charge >= 0.3 is 0 Å². The topological polar surface area (TPSA) is 246 Å². The molecule has 4 aromatic heterocycles. The lowest BCUT2D eigenvalue weighted by atomic mass is 10.0. The Hall–Kier alpha value is -4.08. The summed E-state index contributed by atoms with van der Waals surface area (Å²) in [5.74, 6) is 0.448. The molecule has 10 N–H and O–H groups in total. The molecule has 4 aromatic rings. The summed E-state index contributed by atoms with van der Waals surface area (Å²) in [6.45, 7) is 0.595. The Balaban J connectivity index is 1.11. The number of aliphatic hydroxyl groups is 2. The van der Waals surface area contributed by atoms with Crippen LogP contribution in [0.1, 0.15) is 18.9 Å². The monoisotopic (exact) mass is 628 g/mol. The molecule has 0 radical (unpaired) electrons. The molecule has 3 aliphatic heterocycles. The van der Waals surface area contributed by atoms with Gasteiger partial charge in [-0.05, 0) is 30.9 Å². The van der Waals surface area contributed by atoms with Gasteiger partial charge in [-0.15, -0.1) is 0 Å². The zero-order chi connectivity index (χ0) is 29.8. The average molecular weight is 629 g/mol. The number of ether oxygens (including phenoxy) is 2. The molecule has 7 rings (SSSR count). The summed E-state index contributed by atoms with van der Waals surface area (Å²) in [7, 11) is 0. The van der Waals surface area contributed by atoms with E-state index in [1.54, 1.807) is 9.13 Å². The van der Waals surface area contributed by atoms with Gasteiger partial charge in [-0.25, -0.2) is 29.9 Å². The Morgan fingerprint density at radius 3 is 1.84 bits per heavy atom. The van der Waals surface area contributed by atoms with Crippen LogP contribution < -0.4 is 32.7 Å². The first kappa shape index (κ1) is 27.7. The minimum atomic E-state index is -1.04. The fourth-order valence-electron chi connectivity index (χ4n) is 5.76. The summed E-state index contributed by atoms with van der Waals surface area (Å²) in [5, 5.41) is 36.0. The molecule has 0 unspecified atom stereocenters. The molecule has 7 heterocycles. The minimum absolute atomic E-state index is 0.198. The Morgan fingerprint density at radius 1 is 0.744 bits per heavy atom. The van der Waals surface area contributed by atoms with Crippen molar-refractivity contribution < 1.29 is 19.7 Å². The van der Waals surface area contributed by atoms with Crippen molar-refractivity contribution in [3.63, 3.8) is 0 Å². The molecule has 3 saturated heterocycles. The number of rotatable bonds is 2. The summed E-state index contributed by atoms with van der Waals surface area (Å²) in [5.41, 5.74) is 13.6. The van der Waals surface area contributed by atoms with Crippen LogP contribution in [0.25, 0.3) is 22.3 Å². The van der Waals surface area contributed by atoms with Gasteiger partial charge in [-0.2, -0.15) is 0 Å². The fourth-order valence-corrected chi connectivity index (χ4v) is 6.22. The van der Waals surface area contributed by atoms with E-state index < -0.39 is 49.0 Å². The van der Waals surface area contributed by atoms with Crippen molar-refractivity contribution in [3.8, 4) is 0 Å². The Bertz CT molecular complexity index is 1700. The quantitative estimate of drug-likeness (QED) is 0.106. The standard InChI is InChI=1S/C23H28N14O4S2/c24-16-12-18(30-4-28-16)36(6-32-12)20-14(38)10-8(40-20)1-2-26-22(42)35-11-9(3-27-23(43)34-10)41-21(15(11)39)37-7-33-13-17(25)29-5-31-19(13)37/h4-11,14-15,20-21,38-39H,1-3H2,(H2,24,28,30)(H2,25,29,31)(H2,26,35,42)(H2,27,34,43)/t8-,9-,10-,11-,14-,15-,20-,21-/m1/s1. The fraction of sp³-hybridized carbons (Fsp3) is 0.478. The van der Waals surface area contributed by atoms with E-state index in [9.17, 15) is 10.2 Å². The van der Waals surface area contributed by atoms with Crippen molar-refractivity contribution in [2.24, 2.45) is 0 Å². The SMILES string of the molecule is Nc1ncnc2c1ncn2[C@@H]1O[C@@H]2CCNC(=S)N[C@H]3[C@@H](O)[C@H](n4cnc5c(N)ncnc54)O[C@@H]3CNC(=S)N[C@H]2[C@H]1O. The maximum absolute atomic E-state index is 11.4. The second-order valence-electron chi connectivity index (χ2n) is 10.4. The Morgan fingerprint density at radius 2 is 1.26 bits per heavy atom. The minimum Gasteiger partial charge on any atom is -0.386 e. The first-order valence-electron chi connectivity index (χ1n) is 13.4. The van der Waals surface area contributed by atoms with E-state index in [-0.39, 0.29) is 23.3 Å². The number of imidazole rings is 2. The number of thiocarbonyl (C=S) groups is 2. The maximum Gasteiger partial charge on any atom is 0.167 e. The van der Waals surface area contributed by atoms with Crippen LogP contribution in [-0.4, -0.2) is 109 Å². The first-order chi connectivity index (χ1) is 20.8. The third-order valence-electron chi connectivity index (χ3n) is 7.85. The first-order valence-corrected chi connectivity index (χ1v) is 14.2. The smallest absolute Gasteiger partial charge is 0.167 e. The van der Waals surface area contributed by atoms with Crippen molar-refractivity contribution in [1.82, 2.24) is 60.3 Å². The van der Waals surface area contributed by atoms with Gasteiger partial charge in [-0.3, -0.25) is 9.13 Å². The van der Waals surface area contributed by atoms with Crippen LogP contribution in [0, 0.1) is 0 Å². The van der Waals surface area contributed by atoms with E-state index in [0.29, 0.717) is 40.4 Å². The van der Waals surface area contributed by atoms with Crippen molar-refractivity contribution in [2.45, 2.75) is 55.4 Å². The van der Waals surface area contributed by atoms with Crippen molar-refractivity contribution >= 4 is 68.6 Å². The highest BCUT2D eigenvalue weighted by molar-refractivity contribution is 7.80. The van der Waals surface area contributed by atoms with E-state index in [1.807, 2.05) is 0 Å². The molecule has 0 bridgehead atoms. The summed E-state index contributed by atoms with van der Waals surface area (Å²) in [6, 6.07) is -1.21.